The molecule has 3 N–H and O–H groups in total. The second kappa shape index (κ2) is 6.93. The molecule has 2 aromatic heterocycles. The Morgan fingerprint density at radius 1 is 1.08 bits per heavy atom. The van der Waals surface area contributed by atoms with E-state index >= 15 is 0 Å². The molecule has 0 atom stereocenters. The van der Waals surface area contributed by atoms with E-state index < -0.39 is 0 Å². The second-order valence-corrected chi connectivity index (χ2v) is 5.12. The van der Waals surface area contributed by atoms with Gasteiger partial charge in [-0.2, -0.15) is 9.97 Å². The first-order chi connectivity index (χ1) is 11.6. The summed E-state index contributed by atoms with van der Waals surface area (Å²) in [6.07, 6.45) is 1.59. The van der Waals surface area contributed by atoms with Crippen molar-refractivity contribution in [3.63, 3.8) is 0 Å². The molecule has 120 valence electrons. The van der Waals surface area contributed by atoms with Crippen LogP contribution in [0.4, 0.5) is 11.8 Å². The van der Waals surface area contributed by atoms with Crippen molar-refractivity contribution in [3.05, 3.63) is 65.3 Å². The first-order valence-corrected chi connectivity index (χ1v) is 7.28. The summed E-state index contributed by atoms with van der Waals surface area (Å²) in [6, 6.07) is 13.2. The number of nitrogens with two attached hydrogens (primary N) is 1. The summed E-state index contributed by atoms with van der Waals surface area (Å²) >= 11 is 5.88. The fourth-order valence-electron chi connectivity index (χ4n) is 1.89. The third kappa shape index (κ3) is 3.96. The molecule has 0 bridgehead atoms. The smallest absolute Gasteiger partial charge is 0.256 e. The van der Waals surface area contributed by atoms with Gasteiger partial charge in [-0.25, -0.2) is 4.98 Å². The third-order valence-electron chi connectivity index (χ3n) is 2.90. The van der Waals surface area contributed by atoms with Crippen molar-refractivity contribution in [2.75, 3.05) is 11.1 Å². The summed E-state index contributed by atoms with van der Waals surface area (Å²) in [6.45, 7) is 0. The minimum Gasteiger partial charge on any atom is -0.420 e. The average molecular weight is 342 g/mol. The number of amides is 1. The number of ether oxygens (including phenoxy) is 1. The van der Waals surface area contributed by atoms with E-state index in [9.17, 15) is 4.79 Å². The molecular weight excluding hydrogens is 330 g/mol. The van der Waals surface area contributed by atoms with E-state index in [1.54, 1.807) is 48.7 Å². The number of carbonyl (C=O) groups excluding carboxylic acids is 1. The maximum absolute atomic E-state index is 12.2. The Morgan fingerprint density at radius 3 is 2.71 bits per heavy atom. The number of benzene rings is 1. The van der Waals surface area contributed by atoms with Gasteiger partial charge < -0.3 is 15.8 Å². The lowest BCUT2D eigenvalue weighted by Crippen LogP contribution is -2.14. The molecule has 0 saturated carbocycles. The molecule has 0 aliphatic heterocycles. The highest BCUT2D eigenvalue weighted by Gasteiger charge is 2.10. The molecule has 3 aromatic rings. The van der Waals surface area contributed by atoms with Crippen LogP contribution in [0, 0.1) is 0 Å². The van der Waals surface area contributed by atoms with Crippen LogP contribution in [0.25, 0.3) is 0 Å². The zero-order chi connectivity index (χ0) is 16.9. The molecule has 3 rings (SSSR count). The summed E-state index contributed by atoms with van der Waals surface area (Å²) in [5.41, 5.74) is 6.05. The second-order valence-electron chi connectivity index (χ2n) is 4.68. The SMILES string of the molecule is Nc1nc(NC(=O)c2cccc(Cl)c2)cc(Oc2ccccn2)n1. The van der Waals surface area contributed by atoms with Crippen LogP contribution in [0.1, 0.15) is 10.4 Å². The normalized spacial score (nSPS) is 10.2. The largest absolute Gasteiger partial charge is 0.420 e. The standard InChI is InChI=1S/C16H12ClN5O2/c17-11-5-3-4-10(8-11)15(23)20-12-9-14(22-16(18)21-12)24-13-6-1-2-7-19-13/h1-9H,(H3,18,20,21,22,23). The Kier molecular flexibility index (Phi) is 4.53. The molecule has 0 fully saturated rings. The molecule has 0 aliphatic carbocycles. The van der Waals surface area contributed by atoms with E-state index in [2.05, 4.69) is 20.3 Å². The Labute approximate surface area is 142 Å². The van der Waals surface area contributed by atoms with Crippen molar-refractivity contribution in [2.24, 2.45) is 0 Å². The number of halogens is 1. The summed E-state index contributed by atoms with van der Waals surface area (Å²) in [5, 5.41) is 3.09. The molecule has 8 heteroatoms. The number of pyridine rings is 1. The van der Waals surface area contributed by atoms with Crippen LogP contribution in [0.3, 0.4) is 0 Å². The molecule has 24 heavy (non-hydrogen) atoms. The van der Waals surface area contributed by atoms with E-state index in [4.69, 9.17) is 22.1 Å². The van der Waals surface area contributed by atoms with E-state index in [1.165, 1.54) is 6.07 Å². The topological polar surface area (TPSA) is 103 Å². The van der Waals surface area contributed by atoms with Crippen molar-refractivity contribution >= 4 is 29.3 Å². The maximum Gasteiger partial charge on any atom is 0.256 e. The molecule has 0 unspecified atom stereocenters. The van der Waals surface area contributed by atoms with Crippen molar-refractivity contribution in [3.8, 4) is 11.8 Å². The molecule has 1 aromatic carbocycles. The zero-order valence-corrected chi connectivity index (χ0v) is 13.1. The summed E-state index contributed by atoms with van der Waals surface area (Å²) in [7, 11) is 0. The molecule has 0 spiro atoms. The van der Waals surface area contributed by atoms with Gasteiger partial charge in [-0.05, 0) is 24.3 Å². The van der Waals surface area contributed by atoms with Crippen LogP contribution < -0.4 is 15.8 Å². The summed E-state index contributed by atoms with van der Waals surface area (Å²) < 4.78 is 5.49. The molecule has 7 nitrogen and oxygen atoms in total. The number of nitrogens with one attached hydrogen (secondary N) is 1. The Morgan fingerprint density at radius 2 is 1.96 bits per heavy atom. The first-order valence-electron chi connectivity index (χ1n) is 6.90. The van der Waals surface area contributed by atoms with Crippen molar-refractivity contribution in [1.82, 2.24) is 15.0 Å². The number of hydrogen-bond acceptors (Lipinski definition) is 6. The molecule has 0 aliphatic rings. The highest BCUT2D eigenvalue weighted by Crippen LogP contribution is 2.21. The minimum atomic E-state index is -0.376. The van der Waals surface area contributed by atoms with Gasteiger partial charge in [0.1, 0.15) is 5.82 Å². The number of anilines is 2. The Hall–Kier alpha value is -3.19. The van der Waals surface area contributed by atoms with Crippen LogP contribution in [-0.4, -0.2) is 20.9 Å². The van der Waals surface area contributed by atoms with Crippen molar-refractivity contribution in [2.45, 2.75) is 0 Å². The van der Waals surface area contributed by atoms with E-state index in [0.717, 1.165) is 0 Å². The first kappa shape index (κ1) is 15.7. The molecule has 1 amide bonds. The quantitative estimate of drug-likeness (QED) is 0.755. The maximum atomic E-state index is 12.2. The van der Waals surface area contributed by atoms with Gasteiger partial charge >= 0.3 is 0 Å². The van der Waals surface area contributed by atoms with Crippen molar-refractivity contribution < 1.29 is 9.53 Å². The summed E-state index contributed by atoms with van der Waals surface area (Å²) in [5.74, 6) is 0.313. The zero-order valence-electron chi connectivity index (χ0n) is 12.3. The van der Waals surface area contributed by atoms with E-state index in [0.29, 0.717) is 16.5 Å². The predicted octanol–water partition coefficient (Wildman–Crippen LogP) is 3.15. The van der Waals surface area contributed by atoms with Gasteiger partial charge in [-0.3, -0.25) is 4.79 Å². The van der Waals surface area contributed by atoms with Crippen LogP contribution in [-0.2, 0) is 0 Å². The highest BCUT2D eigenvalue weighted by atomic mass is 35.5. The molecule has 0 radical (unpaired) electrons. The van der Waals surface area contributed by atoms with Crippen molar-refractivity contribution in [1.29, 1.82) is 0 Å². The highest BCUT2D eigenvalue weighted by molar-refractivity contribution is 6.31. The van der Waals surface area contributed by atoms with E-state index in [-0.39, 0.29) is 23.6 Å². The third-order valence-corrected chi connectivity index (χ3v) is 3.13. The number of nitrogen functional groups attached to an aromatic ring is 1. The number of aromatic nitrogens is 3. The lowest BCUT2D eigenvalue weighted by atomic mass is 10.2. The average Bonchev–Trinajstić information content (AvgIpc) is 2.55. The van der Waals surface area contributed by atoms with Gasteiger partial charge in [0.2, 0.25) is 17.7 Å². The molecule has 2 heterocycles. The fraction of sp³-hybridized carbons (Fsp3) is 0. The number of hydrogen-bond donors (Lipinski definition) is 2. The summed E-state index contributed by atoms with van der Waals surface area (Å²) in [4.78, 5) is 24.2. The monoisotopic (exact) mass is 341 g/mol. The lowest BCUT2D eigenvalue weighted by molar-refractivity contribution is 0.102. The van der Waals surface area contributed by atoms with Crippen LogP contribution >= 0.6 is 11.6 Å². The van der Waals surface area contributed by atoms with Crippen LogP contribution in [0.2, 0.25) is 5.02 Å². The van der Waals surface area contributed by atoms with Gasteiger partial charge in [-0.1, -0.05) is 23.7 Å². The Balaban J connectivity index is 1.80. The van der Waals surface area contributed by atoms with Gasteiger partial charge in [0.25, 0.3) is 5.91 Å². The Bertz CT molecular complexity index is 873. The van der Waals surface area contributed by atoms with Crippen LogP contribution in [0.15, 0.2) is 54.7 Å². The fourth-order valence-corrected chi connectivity index (χ4v) is 2.08. The predicted molar refractivity (Wildman–Crippen MR) is 90.2 cm³/mol. The molecular formula is C16H12ClN5O2. The number of rotatable bonds is 4. The van der Waals surface area contributed by atoms with E-state index in [1.807, 2.05) is 0 Å². The lowest BCUT2D eigenvalue weighted by Gasteiger charge is -2.08. The number of carbonyl (C=O) groups is 1. The van der Waals surface area contributed by atoms with Gasteiger partial charge in [0, 0.05) is 28.9 Å². The minimum absolute atomic E-state index is 0.0372. The van der Waals surface area contributed by atoms with Gasteiger partial charge in [0.15, 0.2) is 0 Å². The van der Waals surface area contributed by atoms with Crippen LogP contribution in [0.5, 0.6) is 11.8 Å². The van der Waals surface area contributed by atoms with Gasteiger partial charge in [-0.15, -0.1) is 0 Å². The molecule has 0 saturated heterocycles. The number of nitrogens with zero attached hydrogens (tertiary/aromatic N) is 3. The van der Waals surface area contributed by atoms with Gasteiger partial charge in [0.05, 0.1) is 0 Å².